The number of ether oxygens (including phenoxy) is 1. The number of methoxy groups -OCH3 is 1. The Morgan fingerprint density at radius 1 is 1.17 bits per heavy atom. The summed E-state index contributed by atoms with van der Waals surface area (Å²) in [7, 11) is 1.68. The number of hydrogen-bond acceptors (Lipinski definition) is 6. The molecule has 1 saturated heterocycles. The van der Waals surface area contributed by atoms with Crippen molar-refractivity contribution in [3.63, 3.8) is 0 Å². The number of carbonyl (C=O) groups excluding carboxylic acids is 1. The van der Waals surface area contributed by atoms with Crippen molar-refractivity contribution in [2.24, 2.45) is 5.92 Å². The van der Waals surface area contributed by atoms with Crippen molar-refractivity contribution in [3.05, 3.63) is 41.7 Å². The molecule has 156 valence electrons. The summed E-state index contributed by atoms with van der Waals surface area (Å²) in [4.78, 5) is 26.0. The molecule has 0 bridgehead atoms. The minimum Gasteiger partial charge on any atom is -0.495 e. The van der Waals surface area contributed by atoms with Gasteiger partial charge >= 0.3 is 0 Å². The first-order valence-electron chi connectivity index (χ1n) is 10.2. The van der Waals surface area contributed by atoms with E-state index in [2.05, 4.69) is 40.1 Å². The number of nitrogens with zero attached hydrogens (tertiary/aromatic N) is 4. The van der Waals surface area contributed by atoms with E-state index in [0.29, 0.717) is 30.6 Å². The fourth-order valence-electron chi connectivity index (χ4n) is 3.43. The number of piperazine rings is 1. The van der Waals surface area contributed by atoms with Crippen LogP contribution in [-0.4, -0.2) is 60.6 Å². The molecule has 0 aliphatic carbocycles. The van der Waals surface area contributed by atoms with Gasteiger partial charge in [0.2, 0.25) is 5.95 Å². The van der Waals surface area contributed by atoms with E-state index >= 15 is 0 Å². The Morgan fingerprint density at radius 3 is 2.59 bits per heavy atom. The first kappa shape index (κ1) is 20.9. The van der Waals surface area contributed by atoms with Crippen LogP contribution < -0.4 is 15.0 Å². The molecule has 2 heterocycles. The van der Waals surface area contributed by atoms with Crippen LogP contribution in [-0.2, 0) is 0 Å². The third-order valence-electron chi connectivity index (χ3n) is 5.07. The van der Waals surface area contributed by atoms with Crippen molar-refractivity contribution in [3.8, 4) is 5.75 Å². The van der Waals surface area contributed by atoms with Gasteiger partial charge in [-0.05, 0) is 37.5 Å². The van der Waals surface area contributed by atoms with E-state index in [1.165, 1.54) is 0 Å². The van der Waals surface area contributed by atoms with Gasteiger partial charge < -0.3 is 19.9 Å². The number of para-hydroxylation sites is 2. The number of benzene rings is 1. The molecule has 1 aliphatic rings. The minimum atomic E-state index is -0.0397. The third kappa shape index (κ3) is 5.37. The van der Waals surface area contributed by atoms with E-state index in [-0.39, 0.29) is 5.91 Å². The highest BCUT2D eigenvalue weighted by Crippen LogP contribution is 2.28. The summed E-state index contributed by atoms with van der Waals surface area (Å²) in [5, 5.41) is 3.24. The number of carbonyl (C=O) groups is 1. The molecule has 29 heavy (non-hydrogen) atoms. The largest absolute Gasteiger partial charge is 0.495 e. The summed E-state index contributed by atoms with van der Waals surface area (Å²) < 4.78 is 5.47. The second-order valence-corrected chi connectivity index (χ2v) is 7.78. The molecule has 0 saturated carbocycles. The van der Waals surface area contributed by atoms with Crippen molar-refractivity contribution in [2.75, 3.05) is 50.1 Å². The van der Waals surface area contributed by atoms with E-state index in [4.69, 9.17) is 4.74 Å². The van der Waals surface area contributed by atoms with Gasteiger partial charge in [-0.1, -0.05) is 26.0 Å². The summed E-state index contributed by atoms with van der Waals surface area (Å²) in [5.74, 6) is 1.95. The summed E-state index contributed by atoms with van der Waals surface area (Å²) in [6.07, 6.45) is 1.03. The summed E-state index contributed by atoms with van der Waals surface area (Å²) in [6, 6.07) is 9.76. The smallest absolute Gasteiger partial charge is 0.272 e. The number of amides is 1. The first-order chi connectivity index (χ1) is 14.0. The normalized spacial score (nSPS) is 14.2. The number of aromatic nitrogens is 2. The van der Waals surface area contributed by atoms with Crippen molar-refractivity contribution >= 4 is 17.5 Å². The van der Waals surface area contributed by atoms with Crippen LogP contribution in [0.5, 0.6) is 5.75 Å². The van der Waals surface area contributed by atoms with E-state index in [9.17, 15) is 4.79 Å². The minimum absolute atomic E-state index is 0.0397. The fourth-order valence-corrected chi connectivity index (χ4v) is 3.43. The molecule has 0 unspecified atom stereocenters. The lowest BCUT2D eigenvalue weighted by molar-refractivity contribution is 0.0740. The standard InChI is InChI=1S/C22H31N5O2/c1-16(2)9-10-23-22-24-17(3)15-18(25-22)21(28)27-13-11-26(12-14-27)19-7-5-6-8-20(19)29-4/h5-8,15-16H,9-14H2,1-4H3,(H,23,24,25). The van der Waals surface area contributed by atoms with Gasteiger partial charge in [-0.15, -0.1) is 0 Å². The van der Waals surface area contributed by atoms with Gasteiger partial charge in [-0.2, -0.15) is 0 Å². The van der Waals surface area contributed by atoms with Crippen LogP contribution in [0.4, 0.5) is 11.6 Å². The van der Waals surface area contributed by atoms with Crippen LogP contribution in [0.1, 0.15) is 36.5 Å². The number of nitrogens with one attached hydrogen (secondary N) is 1. The molecular weight excluding hydrogens is 366 g/mol. The van der Waals surface area contributed by atoms with Gasteiger partial charge in [0, 0.05) is 38.4 Å². The van der Waals surface area contributed by atoms with E-state index in [1.807, 2.05) is 30.0 Å². The number of rotatable bonds is 7. The van der Waals surface area contributed by atoms with Crippen LogP contribution in [0.2, 0.25) is 0 Å². The highest BCUT2D eigenvalue weighted by Gasteiger charge is 2.25. The quantitative estimate of drug-likeness (QED) is 0.774. The monoisotopic (exact) mass is 397 g/mol. The van der Waals surface area contributed by atoms with Crippen molar-refractivity contribution in [2.45, 2.75) is 27.2 Å². The Bertz CT molecular complexity index is 832. The van der Waals surface area contributed by atoms with Gasteiger partial charge in [-0.3, -0.25) is 4.79 Å². The van der Waals surface area contributed by atoms with Crippen molar-refractivity contribution < 1.29 is 9.53 Å². The maximum absolute atomic E-state index is 13.0. The molecule has 2 aromatic rings. The zero-order valence-electron chi connectivity index (χ0n) is 17.8. The lowest BCUT2D eigenvalue weighted by atomic mass is 10.1. The Hall–Kier alpha value is -2.83. The predicted molar refractivity (Wildman–Crippen MR) is 116 cm³/mol. The summed E-state index contributed by atoms with van der Waals surface area (Å²) >= 11 is 0. The summed E-state index contributed by atoms with van der Waals surface area (Å²) in [6.45, 7) is 9.87. The van der Waals surface area contributed by atoms with Crippen molar-refractivity contribution in [1.29, 1.82) is 0 Å². The van der Waals surface area contributed by atoms with Gasteiger partial charge in [0.25, 0.3) is 5.91 Å². The van der Waals surface area contributed by atoms with Crippen LogP contribution in [0.25, 0.3) is 0 Å². The molecule has 7 heteroatoms. The maximum atomic E-state index is 13.0. The predicted octanol–water partition coefficient (Wildman–Crippen LogP) is 3.21. The number of anilines is 2. The Kier molecular flexibility index (Phi) is 6.90. The lowest BCUT2D eigenvalue weighted by Gasteiger charge is -2.36. The molecule has 1 amide bonds. The maximum Gasteiger partial charge on any atom is 0.272 e. The highest BCUT2D eigenvalue weighted by molar-refractivity contribution is 5.93. The Labute approximate surface area is 173 Å². The average molecular weight is 398 g/mol. The SMILES string of the molecule is COc1ccccc1N1CCN(C(=O)c2cc(C)nc(NCCC(C)C)n2)CC1. The Morgan fingerprint density at radius 2 is 1.90 bits per heavy atom. The van der Waals surface area contributed by atoms with Gasteiger partial charge in [-0.25, -0.2) is 9.97 Å². The zero-order chi connectivity index (χ0) is 20.8. The van der Waals surface area contributed by atoms with Gasteiger partial charge in [0.15, 0.2) is 0 Å². The molecule has 1 fully saturated rings. The van der Waals surface area contributed by atoms with E-state index in [0.717, 1.165) is 43.2 Å². The van der Waals surface area contributed by atoms with Crippen LogP contribution in [0.3, 0.4) is 0 Å². The molecule has 1 aromatic heterocycles. The molecule has 0 spiro atoms. The molecule has 1 aliphatic heterocycles. The first-order valence-corrected chi connectivity index (χ1v) is 10.2. The van der Waals surface area contributed by atoms with Crippen LogP contribution in [0, 0.1) is 12.8 Å². The summed E-state index contributed by atoms with van der Waals surface area (Å²) in [5.41, 5.74) is 2.31. The lowest BCUT2D eigenvalue weighted by Crippen LogP contribution is -2.49. The van der Waals surface area contributed by atoms with Crippen molar-refractivity contribution in [1.82, 2.24) is 14.9 Å². The number of hydrogen-bond donors (Lipinski definition) is 1. The second kappa shape index (κ2) is 9.58. The molecule has 1 N–H and O–H groups in total. The van der Waals surface area contributed by atoms with E-state index in [1.54, 1.807) is 13.2 Å². The fraction of sp³-hybridized carbons (Fsp3) is 0.500. The molecule has 0 radical (unpaired) electrons. The molecule has 1 aromatic carbocycles. The van der Waals surface area contributed by atoms with Crippen LogP contribution >= 0.6 is 0 Å². The second-order valence-electron chi connectivity index (χ2n) is 7.78. The molecular formula is C22H31N5O2. The van der Waals surface area contributed by atoms with Crippen LogP contribution in [0.15, 0.2) is 30.3 Å². The molecule has 7 nitrogen and oxygen atoms in total. The van der Waals surface area contributed by atoms with Gasteiger partial charge in [0.1, 0.15) is 11.4 Å². The molecule has 0 atom stereocenters. The molecule has 3 rings (SSSR count). The average Bonchev–Trinajstić information content (AvgIpc) is 2.72. The van der Waals surface area contributed by atoms with E-state index < -0.39 is 0 Å². The topological polar surface area (TPSA) is 70.6 Å². The Balaban J connectivity index is 1.64. The van der Waals surface area contributed by atoms with Gasteiger partial charge in [0.05, 0.1) is 12.8 Å². The highest BCUT2D eigenvalue weighted by atomic mass is 16.5. The zero-order valence-corrected chi connectivity index (χ0v) is 17.8. The number of aryl methyl sites for hydroxylation is 1. The third-order valence-corrected chi connectivity index (χ3v) is 5.07.